The lowest BCUT2D eigenvalue weighted by Gasteiger charge is -2.30. The molecule has 1 aromatic heterocycles. The Morgan fingerprint density at radius 1 is 1.32 bits per heavy atom. The summed E-state index contributed by atoms with van der Waals surface area (Å²) in [6.07, 6.45) is 1.54. The smallest absolute Gasteiger partial charge is 0.251 e. The van der Waals surface area contributed by atoms with Gasteiger partial charge in [0, 0.05) is 16.0 Å². The van der Waals surface area contributed by atoms with Crippen molar-refractivity contribution in [3.05, 3.63) is 76.5 Å². The molecule has 3 aromatic rings. The highest BCUT2D eigenvalue weighted by molar-refractivity contribution is 8.00. The SMILES string of the molecule is COc1ccc(F)c(CN2C(=O)CSc3cc(C(=O)NCc4ccco4)ccc32)c1Cl. The molecule has 1 aliphatic heterocycles. The number of halogens is 2. The van der Waals surface area contributed by atoms with E-state index in [2.05, 4.69) is 5.32 Å². The standard InChI is InChI=1S/C22H18ClFN2O4S/c1-29-18-7-5-16(24)15(21(18)23)11-26-17-6-4-13(9-19(17)31-12-20(26)27)22(28)25-10-14-3-2-8-30-14/h2-9H,10-12H2,1H3,(H,25,28). The highest BCUT2D eigenvalue weighted by Crippen LogP contribution is 2.39. The van der Waals surface area contributed by atoms with Gasteiger partial charge in [-0.25, -0.2) is 4.39 Å². The number of fused-ring (bicyclic) bond motifs is 1. The molecule has 1 N–H and O–H groups in total. The lowest BCUT2D eigenvalue weighted by atomic mass is 10.1. The number of benzene rings is 2. The number of hydrogen-bond donors (Lipinski definition) is 1. The molecule has 0 fully saturated rings. The molecular weight excluding hydrogens is 443 g/mol. The molecule has 0 aliphatic carbocycles. The fourth-order valence-corrected chi connectivity index (χ4v) is 4.50. The van der Waals surface area contributed by atoms with E-state index in [0.717, 1.165) is 4.90 Å². The van der Waals surface area contributed by atoms with Crippen molar-refractivity contribution in [1.29, 1.82) is 0 Å². The van der Waals surface area contributed by atoms with Crippen molar-refractivity contribution in [1.82, 2.24) is 5.32 Å². The first kappa shape index (κ1) is 21.3. The van der Waals surface area contributed by atoms with Crippen LogP contribution in [0.2, 0.25) is 5.02 Å². The Morgan fingerprint density at radius 3 is 2.90 bits per heavy atom. The van der Waals surface area contributed by atoms with E-state index < -0.39 is 5.82 Å². The molecule has 160 valence electrons. The Balaban J connectivity index is 1.58. The molecule has 0 saturated heterocycles. The Kier molecular flexibility index (Phi) is 6.20. The van der Waals surface area contributed by atoms with Crippen molar-refractivity contribution < 1.29 is 23.1 Å². The van der Waals surface area contributed by atoms with Gasteiger partial charge in [0.2, 0.25) is 5.91 Å². The van der Waals surface area contributed by atoms with Crippen molar-refractivity contribution >= 4 is 40.9 Å². The summed E-state index contributed by atoms with van der Waals surface area (Å²) in [5, 5.41) is 2.92. The van der Waals surface area contributed by atoms with Crippen molar-refractivity contribution in [2.75, 3.05) is 17.8 Å². The van der Waals surface area contributed by atoms with Gasteiger partial charge >= 0.3 is 0 Å². The summed E-state index contributed by atoms with van der Waals surface area (Å²) in [6.45, 7) is 0.229. The lowest BCUT2D eigenvalue weighted by molar-refractivity contribution is -0.116. The number of thioether (sulfide) groups is 1. The van der Waals surface area contributed by atoms with Gasteiger partial charge in [0.05, 0.1) is 42.9 Å². The van der Waals surface area contributed by atoms with Crippen LogP contribution < -0.4 is 15.0 Å². The van der Waals surface area contributed by atoms with Crippen molar-refractivity contribution in [2.45, 2.75) is 18.0 Å². The first-order valence-electron chi connectivity index (χ1n) is 9.36. The molecule has 0 atom stereocenters. The molecule has 1 aliphatic rings. The van der Waals surface area contributed by atoms with E-state index >= 15 is 0 Å². The fraction of sp³-hybridized carbons (Fsp3) is 0.182. The second kappa shape index (κ2) is 9.03. The number of hydrogen-bond acceptors (Lipinski definition) is 5. The van der Waals surface area contributed by atoms with Gasteiger partial charge in [-0.1, -0.05) is 11.6 Å². The van der Waals surface area contributed by atoms with Crippen molar-refractivity contribution in [2.24, 2.45) is 0 Å². The van der Waals surface area contributed by atoms with E-state index in [4.69, 9.17) is 20.8 Å². The monoisotopic (exact) mass is 460 g/mol. The number of amides is 2. The predicted molar refractivity (Wildman–Crippen MR) is 116 cm³/mol. The van der Waals surface area contributed by atoms with E-state index in [0.29, 0.717) is 22.8 Å². The zero-order valence-electron chi connectivity index (χ0n) is 16.5. The van der Waals surface area contributed by atoms with Gasteiger partial charge in [0.15, 0.2) is 0 Å². The van der Waals surface area contributed by atoms with Crippen molar-refractivity contribution in [3.8, 4) is 5.75 Å². The fourth-order valence-electron chi connectivity index (χ4n) is 3.24. The maximum Gasteiger partial charge on any atom is 0.251 e. The Hall–Kier alpha value is -2.97. The molecular formula is C22H18ClFN2O4S. The van der Waals surface area contributed by atoms with Crippen molar-refractivity contribution in [3.63, 3.8) is 0 Å². The van der Waals surface area contributed by atoms with E-state index in [1.54, 1.807) is 36.6 Å². The van der Waals surface area contributed by atoms with Crippen LogP contribution in [0.15, 0.2) is 58.0 Å². The van der Waals surface area contributed by atoms with Gasteiger partial charge in [0.1, 0.15) is 17.3 Å². The molecule has 4 rings (SSSR count). The van der Waals surface area contributed by atoms with Crippen LogP contribution in [0, 0.1) is 5.82 Å². The van der Waals surface area contributed by atoms with Gasteiger partial charge in [0.25, 0.3) is 5.91 Å². The number of carbonyl (C=O) groups is 2. The topological polar surface area (TPSA) is 71.8 Å². The molecule has 0 unspecified atom stereocenters. The first-order valence-corrected chi connectivity index (χ1v) is 10.7. The number of furan rings is 1. The van der Waals surface area contributed by atoms with Gasteiger partial charge in [-0.15, -0.1) is 11.8 Å². The summed E-state index contributed by atoms with van der Waals surface area (Å²) >= 11 is 7.62. The van der Waals surface area contributed by atoms with Crippen LogP contribution in [0.25, 0.3) is 0 Å². The molecule has 2 amide bonds. The van der Waals surface area contributed by atoms with Crippen LogP contribution in [0.5, 0.6) is 5.75 Å². The maximum absolute atomic E-state index is 14.5. The zero-order valence-corrected chi connectivity index (χ0v) is 18.1. The number of nitrogens with one attached hydrogen (secondary N) is 1. The lowest BCUT2D eigenvalue weighted by Crippen LogP contribution is -2.35. The third-order valence-electron chi connectivity index (χ3n) is 4.86. The van der Waals surface area contributed by atoms with Gasteiger partial charge < -0.3 is 19.4 Å². The summed E-state index contributed by atoms with van der Waals surface area (Å²) < 4.78 is 24.8. The average molecular weight is 461 g/mol. The third kappa shape index (κ3) is 4.40. The molecule has 2 aromatic carbocycles. The number of rotatable bonds is 6. The average Bonchev–Trinajstić information content (AvgIpc) is 3.29. The Morgan fingerprint density at radius 2 is 2.16 bits per heavy atom. The van der Waals surface area contributed by atoms with E-state index in [9.17, 15) is 14.0 Å². The van der Waals surface area contributed by atoms with Gasteiger partial charge in [-0.05, 0) is 42.5 Å². The van der Waals surface area contributed by atoms with Crippen LogP contribution in [-0.4, -0.2) is 24.7 Å². The number of carbonyl (C=O) groups excluding carboxylic acids is 2. The van der Waals surface area contributed by atoms with Crippen LogP contribution in [0.4, 0.5) is 10.1 Å². The third-order valence-corrected chi connectivity index (χ3v) is 6.30. The highest BCUT2D eigenvalue weighted by Gasteiger charge is 2.28. The molecule has 0 spiro atoms. The second-order valence-electron chi connectivity index (χ2n) is 6.76. The van der Waals surface area contributed by atoms with Crippen LogP contribution in [0.3, 0.4) is 0 Å². The molecule has 6 nitrogen and oxygen atoms in total. The Bertz CT molecular complexity index is 1140. The van der Waals surface area contributed by atoms with Gasteiger partial charge in [-0.3, -0.25) is 9.59 Å². The summed E-state index contributed by atoms with van der Waals surface area (Å²) in [7, 11) is 1.44. The van der Waals surface area contributed by atoms with E-state index in [-0.39, 0.29) is 41.2 Å². The number of ether oxygens (including phenoxy) is 1. The number of methoxy groups -OCH3 is 1. The quantitative estimate of drug-likeness (QED) is 0.579. The maximum atomic E-state index is 14.5. The highest BCUT2D eigenvalue weighted by atomic mass is 35.5. The molecule has 0 bridgehead atoms. The van der Waals surface area contributed by atoms with E-state index in [1.807, 2.05) is 0 Å². The second-order valence-corrected chi connectivity index (χ2v) is 8.15. The summed E-state index contributed by atoms with van der Waals surface area (Å²) in [5.41, 5.74) is 1.23. The van der Waals surface area contributed by atoms with Crippen LogP contribution in [-0.2, 0) is 17.9 Å². The molecule has 0 saturated carbocycles. The van der Waals surface area contributed by atoms with Crippen LogP contribution >= 0.6 is 23.4 Å². The van der Waals surface area contributed by atoms with E-state index in [1.165, 1.54) is 35.9 Å². The molecule has 31 heavy (non-hydrogen) atoms. The minimum atomic E-state index is -0.521. The largest absolute Gasteiger partial charge is 0.495 e. The normalized spacial score (nSPS) is 13.1. The molecule has 0 radical (unpaired) electrons. The zero-order chi connectivity index (χ0) is 22.0. The first-order chi connectivity index (χ1) is 15.0. The molecule has 2 heterocycles. The molecule has 9 heteroatoms. The van der Waals surface area contributed by atoms with Crippen LogP contribution in [0.1, 0.15) is 21.7 Å². The number of nitrogens with zero attached hydrogens (tertiary/aromatic N) is 1. The summed E-state index contributed by atoms with van der Waals surface area (Å²) in [4.78, 5) is 27.3. The summed E-state index contributed by atoms with van der Waals surface area (Å²) in [6, 6.07) is 11.3. The predicted octanol–water partition coefficient (Wildman–Crippen LogP) is 4.65. The minimum Gasteiger partial charge on any atom is -0.495 e. The van der Waals surface area contributed by atoms with Gasteiger partial charge in [-0.2, -0.15) is 0 Å². The number of anilines is 1. The minimum absolute atomic E-state index is 0.0434. The summed E-state index contributed by atoms with van der Waals surface area (Å²) in [5.74, 6) is 0.201. The Labute approximate surface area is 187 Å².